The number of hydrogen-bond donors (Lipinski definition) is 2. The van der Waals surface area contributed by atoms with Crippen molar-refractivity contribution < 1.29 is 9.59 Å². The maximum atomic E-state index is 14.9. The predicted octanol–water partition coefficient (Wildman–Crippen LogP) is 7.07. The summed E-state index contributed by atoms with van der Waals surface area (Å²) in [5, 5.41) is 16.7. The van der Waals surface area contributed by atoms with Crippen LogP contribution < -0.4 is 5.32 Å². The molecule has 2 saturated carbocycles. The molecule has 0 bridgehead atoms. The summed E-state index contributed by atoms with van der Waals surface area (Å²) in [5.74, 6) is 3.15. The predicted molar refractivity (Wildman–Crippen MR) is 188 cm³/mol. The van der Waals surface area contributed by atoms with Crippen LogP contribution in [0.4, 0.5) is 0 Å². The molecule has 1 aromatic carbocycles. The highest BCUT2D eigenvalue weighted by Crippen LogP contribution is 2.50. The van der Waals surface area contributed by atoms with Crippen molar-refractivity contribution in [3.8, 4) is 0 Å². The number of rotatable bonds is 8. The highest BCUT2D eigenvalue weighted by Gasteiger charge is 2.54. The minimum absolute atomic E-state index is 0.112. The molecule has 3 fully saturated rings. The quantitative estimate of drug-likeness (QED) is 0.313. The zero-order chi connectivity index (χ0) is 34.1. The Labute approximate surface area is 287 Å². The first-order valence-corrected chi connectivity index (χ1v) is 18.6. The molecule has 1 aromatic heterocycles. The molecule has 6 rings (SSSR count). The van der Waals surface area contributed by atoms with Gasteiger partial charge in [0.25, 0.3) is 11.8 Å². The lowest BCUT2D eigenvalue weighted by Gasteiger charge is -2.47. The molecule has 2 aliphatic heterocycles. The number of benzene rings is 1. The van der Waals surface area contributed by atoms with Crippen molar-refractivity contribution in [1.82, 2.24) is 35.7 Å². The molecule has 2 N–H and O–H groups in total. The number of tetrazole rings is 1. The molecular formula is C38H58N8O2. The number of aromatic amines is 1. The number of amidine groups is 1. The van der Waals surface area contributed by atoms with Gasteiger partial charge in [-0.1, -0.05) is 84.6 Å². The molecule has 262 valence electrons. The second-order valence-electron chi connectivity index (χ2n) is 17.4. The van der Waals surface area contributed by atoms with E-state index < -0.39 is 5.66 Å². The Morgan fingerprint density at radius 2 is 1.71 bits per heavy atom. The number of aromatic nitrogens is 4. The number of amides is 2. The molecule has 3 heterocycles. The van der Waals surface area contributed by atoms with E-state index in [1.54, 1.807) is 0 Å². The summed E-state index contributed by atoms with van der Waals surface area (Å²) in [7, 11) is 0. The Hall–Kier alpha value is -3.30. The number of H-pyrrole nitrogens is 1. The molecule has 2 aliphatic carbocycles. The average molecular weight is 659 g/mol. The summed E-state index contributed by atoms with van der Waals surface area (Å²) in [4.78, 5) is 38.1. The third-order valence-corrected chi connectivity index (χ3v) is 11.8. The van der Waals surface area contributed by atoms with Crippen LogP contribution in [0.3, 0.4) is 0 Å². The van der Waals surface area contributed by atoms with Gasteiger partial charge in [-0.25, -0.2) is 4.99 Å². The fourth-order valence-corrected chi connectivity index (χ4v) is 8.97. The van der Waals surface area contributed by atoms with Gasteiger partial charge in [0.1, 0.15) is 5.66 Å². The minimum atomic E-state index is -0.523. The summed E-state index contributed by atoms with van der Waals surface area (Å²) < 4.78 is 0. The average Bonchev–Trinajstić information content (AvgIpc) is 3.67. The first-order chi connectivity index (χ1) is 22.8. The fourth-order valence-electron chi connectivity index (χ4n) is 8.97. The van der Waals surface area contributed by atoms with Gasteiger partial charge < -0.3 is 15.1 Å². The van der Waals surface area contributed by atoms with Crippen molar-refractivity contribution in [3.63, 3.8) is 0 Å². The first kappa shape index (κ1) is 34.6. The highest BCUT2D eigenvalue weighted by atomic mass is 16.2. The fraction of sp³-hybridized carbons (Fsp3) is 0.737. The lowest BCUT2D eigenvalue weighted by atomic mass is 9.69. The zero-order valence-corrected chi connectivity index (χ0v) is 30.2. The van der Waals surface area contributed by atoms with Crippen molar-refractivity contribution in [1.29, 1.82) is 0 Å². The van der Waals surface area contributed by atoms with Crippen molar-refractivity contribution in [3.05, 3.63) is 41.2 Å². The molecule has 1 spiro atoms. The van der Waals surface area contributed by atoms with Gasteiger partial charge in [0.2, 0.25) is 0 Å². The largest absolute Gasteiger partial charge is 0.352 e. The number of nitrogens with zero attached hydrogens (tertiary/aromatic N) is 6. The second-order valence-corrected chi connectivity index (χ2v) is 17.4. The van der Waals surface area contributed by atoms with E-state index in [1.807, 2.05) is 12.1 Å². The van der Waals surface area contributed by atoms with E-state index in [-0.39, 0.29) is 35.2 Å². The van der Waals surface area contributed by atoms with Gasteiger partial charge in [0, 0.05) is 18.7 Å². The number of piperidine rings is 1. The van der Waals surface area contributed by atoms with E-state index in [0.29, 0.717) is 29.1 Å². The molecule has 2 aromatic rings. The van der Waals surface area contributed by atoms with Gasteiger partial charge in [0.05, 0.1) is 12.6 Å². The number of nitrogens with one attached hydrogen (secondary N) is 2. The van der Waals surface area contributed by atoms with Crippen LogP contribution in [0.1, 0.15) is 146 Å². The molecule has 10 heteroatoms. The van der Waals surface area contributed by atoms with Crippen LogP contribution in [-0.2, 0) is 11.3 Å². The van der Waals surface area contributed by atoms with Gasteiger partial charge in [-0.15, -0.1) is 10.2 Å². The van der Waals surface area contributed by atoms with E-state index in [9.17, 15) is 9.59 Å². The van der Waals surface area contributed by atoms with Gasteiger partial charge in [-0.05, 0) is 97.6 Å². The van der Waals surface area contributed by atoms with Gasteiger partial charge in [-0.3, -0.25) is 9.59 Å². The Balaban J connectivity index is 1.30. The number of carbonyl (C=O) groups is 2. The maximum absolute atomic E-state index is 14.9. The van der Waals surface area contributed by atoms with Crippen molar-refractivity contribution in [2.75, 3.05) is 13.1 Å². The Morgan fingerprint density at radius 3 is 2.35 bits per heavy atom. The Kier molecular flexibility index (Phi) is 10.0. The van der Waals surface area contributed by atoms with E-state index in [4.69, 9.17) is 4.99 Å². The molecular weight excluding hydrogens is 600 g/mol. The van der Waals surface area contributed by atoms with Gasteiger partial charge in [0.15, 0.2) is 11.7 Å². The summed E-state index contributed by atoms with van der Waals surface area (Å²) in [6.45, 7) is 16.0. The van der Waals surface area contributed by atoms with Crippen molar-refractivity contribution >= 4 is 17.6 Å². The Bertz CT molecular complexity index is 1430. The summed E-state index contributed by atoms with van der Waals surface area (Å²) >= 11 is 0. The van der Waals surface area contributed by atoms with E-state index in [0.717, 1.165) is 69.5 Å². The zero-order valence-electron chi connectivity index (χ0n) is 30.2. The molecule has 4 aliphatic rings. The minimum Gasteiger partial charge on any atom is -0.352 e. The molecule has 3 atom stereocenters. The van der Waals surface area contributed by atoms with Crippen LogP contribution in [0.25, 0.3) is 0 Å². The van der Waals surface area contributed by atoms with E-state index in [1.165, 1.54) is 32.1 Å². The van der Waals surface area contributed by atoms with Crippen LogP contribution >= 0.6 is 0 Å². The first-order valence-electron chi connectivity index (χ1n) is 18.6. The number of fused-ring (bicyclic) bond motifs is 1. The summed E-state index contributed by atoms with van der Waals surface area (Å²) in [6, 6.07) is 7.76. The summed E-state index contributed by atoms with van der Waals surface area (Å²) in [6.07, 6.45) is 13.3. The number of hydrogen-bond acceptors (Lipinski definition) is 7. The standard InChI is InChI=1S/C38H58N8O2/c1-36(2,3)20-9-12-31(27-13-15-28(16-14-27)34(47)39-24-32-41-43-44-42-32)46-35(48)33(45-23-19-26-10-7-8-11-29(26)25-45)40-38(46)21-17-30(18-22-38)37(4,5)6/h13-16,26,29-31H,7-12,17-25H2,1-6H3,(H,39,47)(H,41,42,43,44)/t26?,29?,30?,31-,38?/m1/s1. The van der Waals surface area contributed by atoms with Gasteiger partial charge in [-0.2, -0.15) is 5.21 Å². The third-order valence-electron chi connectivity index (χ3n) is 11.8. The number of carbonyl (C=O) groups excluding carboxylic acids is 2. The highest BCUT2D eigenvalue weighted by molar-refractivity contribution is 6.39. The normalized spacial score (nSPS) is 27.2. The van der Waals surface area contributed by atoms with Crippen LogP contribution in [0.2, 0.25) is 0 Å². The molecule has 0 radical (unpaired) electrons. The molecule has 2 unspecified atom stereocenters. The lowest BCUT2D eigenvalue weighted by molar-refractivity contribution is -0.134. The van der Waals surface area contributed by atoms with Crippen LogP contribution in [0.5, 0.6) is 0 Å². The van der Waals surface area contributed by atoms with Crippen LogP contribution in [0, 0.1) is 28.6 Å². The Morgan fingerprint density at radius 1 is 1.00 bits per heavy atom. The molecule has 2 amide bonds. The second kappa shape index (κ2) is 13.9. The number of likely N-dealkylation sites (tertiary alicyclic amines) is 1. The van der Waals surface area contributed by atoms with E-state index >= 15 is 0 Å². The van der Waals surface area contributed by atoms with E-state index in [2.05, 4.69) is 89.4 Å². The molecule has 1 saturated heterocycles. The van der Waals surface area contributed by atoms with Gasteiger partial charge >= 0.3 is 0 Å². The van der Waals surface area contributed by atoms with Crippen molar-refractivity contribution in [2.24, 2.45) is 33.6 Å². The summed E-state index contributed by atoms with van der Waals surface area (Å²) in [5.41, 5.74) is 1.55. The lowest BCUT2D eigenvalue weighted by Crippen LogP contribution is -2.53. The third kappa shape index (κ3) is 7.62. The van der Waals surface area contributed by atoms with Crippen molar-refractivity contribution in [2.45, 2.75) is 137 Å². The number of aliphatic imine (C=N–C) groups is 1. The molecule has 10 nitrogen and oxygen atoms in total. The van der Waals surface area contributed by atoms with Crippen LogP contribution in [0.15, 0.2) is 29.3 Å². The van der Waals surface area contributed by atoms with Crippen LogP contribution in [-0.4, -0.2) is 66.8 Å². The SMILES string of the molecule is CC(C)(C)CCC[C@H](c1ccc(C(=O)NCc2nn[nH]n2)cc1)N1C(=O)C(N2CCC3CCCCC3C2)=NC12CCC(C(C)(C)C)CC2. The maximum Gasteiger partial charge on any atom is 0.291 e. The molecule has 48 heavy (non-hydrogen) atoms. The monoisotopic (exact) mass is 658 g/mol. The smallest absolute Gasteiger partial charge is 0.291 e. The topological polar surface area (TPSA) is 119 Å².